The van der Waals surface area contributed by atoms with Crippen molar-refractivity contribution < 1.29 is 0 Å². The Morgan fingerprint density at radius 3 is 3.19 bits per heavy atom. The molecule has 3 heteroatoms. The predicted octanol–water partition coefficient (Wildman–Crippen LogP) is 2.29. The van der Waals surface area contributed by atoms with Crippen LogP contribution in [-0.4, -0.2) is 23.0 Å². The molecule has 2 heterocycles. The third kappa shape index (κ3) is 2.73. The molecule has 3 nitrogen and oxygen atoms in total. The van der Waals surface area contributed by atoms with Crippen LogP contribution >= 0.6 is 0 Å². The molecular formula is C13H21N3. The molecule has 1 aliphatic heterocycles. The van der Waals surface area contributed by atoms with Crippen LogP contribution in [0, 0.1) is 5.92 Å². The number of likely N-dealkylation sites (tertiary alicyclic amines) is 1. The Hall–Kier alpha value is -1.09. The fourth-order valence-corrected chi connectivity index (χ4v) is 2.53. The lowest BCUT2D eigenvalue weighted by atomic mass is 10.0. The Morgan fingerprint density at radius 1 is 1.56 bits per heavy atom. The molecule has 0 bridgehead atoms. The number of aromatic nitrogens is 1. The van der Waals surface area contributed by atoms with Gasteiger partial charge in [0.2, 0.25) is 0 Å². The van der Waals surface area contributed by atoms with Gasteiger partial charge >= 0.3 is 0 Å². The van der Waals surface area contributed by atoms with E-state index in [1.807, 2.05) is 6.07 Å². The molecule has 2 rings (SSSR count). The molecule has 0 aliphatic carbocycles. The highest BCUT2D eigenvalue weighted by atomic mass is 15.1. The van der Waals surface area contributed by atoms with Gasteiger partial charge in [-0.2, -0.15) is 0 Å². The van der Waals surface area contributed by atoms with Gasteiger partial charge in [-0.3, -0.25) is 4.90 Å². The van der Waals surface area contributed by atoms with Crippen molar-refractivity contribution in [3.8, 4) is 0 Å². The second-order valence-corrected chi connectivity index (χ2v) is 4.73. The fraction of sp³-hybridized carbons (Fsp3) is 0.615. The van der Waals surface area contributed by atoms with Crippen molar-refractivity contribution in [3.05, 3.63) is 23.9 Å². The quantitative estimate of drug-likeness (QED) is 0.844. The highest BCUT2D eigenvalue weighted by Crippen LogP contribution is 2.23. The molecule has 1 unspecified atom stereocenters. The van der Waals surface area contributed by atoms with E-state index >= 15 is 0 Å². The van der Waals surface area contributed by atoms with E-state index < -0.39 is 0 Å². The molecule has 0 spiro atoms. The number of pyridine rings is 1. The molecule has 88 valence electrons. The van der Waals surface area contributed by atoms with Gasteiger partial charge in [0.25, 0.3) is 0 Å². The fourth-order valence-electron chi connectivity index (χ4n) is 2.53. The van der Waals surface area contributed by atoms with E-state index in [0.717, 1.165) is 12.5 Å². The van der Waals surface area contributed by atoms with Gasteiger partial charge in [0.05, 0.1) is 0 Å². The Morgan fingerprint density at radius 2 is 2.44 bits per heavy atom. The van der Waals surface area contributed by atoms with Crippen LogP contribution < -0.4 is 5.73 Å². The summed E-state index contributed by atoms with van der Waals surface area (Å²) in [5, 5.41) is 0. The molecule has 1 aromatic rings. The van der Waals surface area contributed by atoms with Gasteiger partial charge in [0, 0.05) is 24.8 Å². The maximum atomic E-state index is 5.85. The Balaban J connectivity index is 1.90. The van der Waals surface area contributed by atoms with Crippen molar-refractivity contribution in [1.82, 2.24) is 9.88 Å². The van der Waals surface area contributed by atoms with Crippen LogP contribution in [0.2, 0.25) is 0 Å². The summed E-state index contributed by atoms with van der Waals surface area (Å²) in [5.74, 6) is 1.57. The van der Waals surface area contributed by atoms with E-state index in [0.29, 0.717) is 5.82 Å². The lowest BCUT2D eigenvalue weighted by Gasteiger charge is -2.16. The maximum Gasteiger partial charge on any atom is 0.127 e. The van der Waals surface area contributed by atoms with E-state index in [1.54, 1.807) is 6.20 Å². The van der Waals surface area contributed by atoms with Gasteiger partial charge in [-0.25, -0.2) is 4.98 Å². The van der Waals surface area contributed by atoms with E-state index in [1.165, 1.54) is 37.9 Å². The summed E-state index contributed by atoms with van der Waals surface area (Å²) in [6, 6.07) is 4.04. The minimum atomic E-state index is 0.682. The van der Waals surface area contributed by atoms with E-state index in [-0.39, 0.29) is 0 Å². The molecule has 0 aromatic carbocycles. The minimum absolute atomic E-state index is 0.682. The predicted molar refractivity (Wildman–Crippen MR) is 66.9 cm³/mol. The number of anilines is 1. The second kappa shape index (κ2) is 5.30. The van der Waals surface area contributed by atoms with Crippen molar-refractivity contribution in [2.24, 2.45) is 5.92 Å². The molecule has 2 N–H and O–H groups in total. The van der Waals surface area contributed by atoms with Gasteiger partial charge in [-0.15, -0.1) is 0 Å². The summed E-state index contributed by atoms with van der Waals surface area (Å²) in [5.41, 5.74) is 7.02. The SMILES string of the molecule is CCCC1CCN(Cc2cccnc2N)C1. The van der Waals surface area contributed by atoms with Crippen LogP contribution in [0.25, 0.3) is 0 Å². The standard InChI is InChI=1S/C13H21N3/c1-2-4-11-6-8-16(9-11)10-12-5-3-7-15-13(12)14/h3,5,7,11H,2,4,6,8-10H2,1H3,(H2,14,15). The molecule has 1 atom stereocenters. The number of nitrogens with zero attached hydrogens (tertiary/aromatic N) is 2. The summed E-state index contributed by atoms with van der Waals surface area (Å²) in [6.45, 7) is 5.66. The van der Waals surface area contributed by atoms with Crippen LogP contribution in [-0.2, 0) is 6.54 Å². The molecule has 1 aliphatic rings. The second-order valence-electron chi connectivity index (χ2n) is 4.73. The summed E-state index contributed by atoms with van der Waals surface area (Å²) < 4.78 is 0. The lowest BCUT2D eigenvalue weighted by molar-refractivity contribution is 0.313. The van der Waals surface area contributed by atoms with E-state index in [9.17, 15) is 0 Å². The van der Waals surface area contributed by atoms with E-state index in [4.69, 9.17) is 5.73 Å². The monoisotopic (exact) mass is 219 g/mol. The first-order valence-corrected chi connectivity index (χ1v) is 6.21. The van der Waals surface area contributed by atoms with Crippen molar-refractivity contribution in [2.75, 3.05) is 18.8 Å². The largest absolute Gasteiger partial charge is 0.383 e. The Bertz CT molecular complexity index is 338. The topological polar surface area (TPSA) is 42.2 Å². The van der Waals surface area contributed by atoms with Crippen LogP contribution in [0.15, 0.2) is 18.3 Å². The third-order valence-electron chi connectivity index (χ3n) is 3.39. The number of rotatable bonds is 4. The summed E-state index contributed by atoms with van der Waals surface area (Å²) in [4.78, 5) is 6.62. The Labute approximate surface area is 97.7 Å². The normalized spacial score (nSPS) is 21.4. The first-order valence-electron chi connectivity index (χ1n) is 6.21. The van der Waals surface area contributed by atoms with Crippen molar-refractivity contribution in [1.29, 1.82) is 0 Å². The van der Waals surface area contributed by atoms with Crippen LogP contribution in [0.1, 0.15) is 31.7 Å². The molecule has 0 radical (unpaired) electrons. The summed E-state index contributed by atoms with van der Waals surface area (Å²) >= 11 is 0. The molecule has 1 saturated heterocycles. The van der Waals surface area contributed by atoms with Crippen LogP contribution in [0.5, 0.6) is 0 Å². The van der Waals surface area contributed by atoms with Crippen LogP contribution in [0.4, 0.5) is 5.82 Å². The molecular weight excluding hydrogens is 198 g/mol. The summed E-state index contributed by atoms with van der Waals surface area (Å²) in [6.07, 6.45) is 5.75. The first kappa shape index (κ1) is 11.4. The number of nitrogen functional groups attached to an aromatic ring is 1. The van der Waals surface area contributed by atoms with Gasteiger partial charge in [-0.05, 0) is 31.4 Å². The van der Waals surface area contributed by atoms with Gasteiger partial charge in [-0.1, -0.05) is 19.4 Å². The Kier molecular flexibility index (Phi) is 3.78. The molecule has 0 amide bonds. The number of hydrogen-bond acceptors (Lipinski definition) is 3. The van der Waals surface area contributed by atoms with Gasteiger partial charge in [0.15, 0.2) is 0 Å². The zero-order valence-corrected chi connectivity index (χ0v) is 10.0. The van der Waals surface area contributed by atoms with Crippen LogP contribution in [0.3, 0.4) is 0 Å². The first-order chi connectivity index (χ1) is 7.79. The van der Waals surface area contributed by atoms with Crippen molar-refractivity contribution in [3.63, 3.8) is 0 Å². The highest BCUT2D eigenvalue weighted by Gasteiger charge is 2.21. The van der Waals surface area contributed by atoms with E-state index in [2.05, 4.69) is 22.9 Å². The number of nitrogens with two attached hydrogens (primary N) is 1. The molecule has 1 aromatic heterocycles. The third-order valence-corrected chi connectivity index (χ3v) is 3.39. The zero-order chi connectivity index (χ0) is 11.4. The lowest BCUT2D eigenvalue weighted by Crippen LogP contribution is -2.21. The molecule has 16 heavy (non-hydrogen) atoms. The molecule has 1 fully saturated rings. The zero-order valence-electron chi connectivity index (χ0n) is 10.0. The summed E-state index contributed by atoms with van der Waals surface area (Å²) in [7, 11) is 0. The average Bonchev–Trinajstić information content (AvgIpc) is 2.70. The number of hydrogen-bond donors (Lipinski definition) is 1. The highest BCUT2D eigenvalue weighted by molar-refractivity contribution is 5.38. The smallest absolute Gasteiger partial charge is 0.127 e. The van der Waals surface area contributed by atoms with Gasteiger partial charge < -0.3 is 5.73 Å². The van der Waals surface area contributed by atoms with Crippen molar-refractivity contribution in [2.45, 2.75) is 32.7 Å². The average molecular weight is 219 g/mol. The minimum Gasteiger partial charge on any atom is -0.383 e. The maximum absolute atomic E-state index is 5.85. The van der Waals surface area contributed by atoms with Crippen molar-refractivity contribution >= 4 is 5.82 Å². The molecule has 0 saturated carbocycles. The van der Waals surface area contributed by atoms with Gasteiger partial charge in [0.1, 0.15) is 5.82 Å².